The largest absolute Gasteiger partial charge is 0.507 e. The van der Waals surface area contributed by atoms with Crippen LogP contribution in [0.15, 0.2) is 42.5 Å². The minimum atomic E-state index is -4.49. The van der Waals surface area contributed by atoms with Crippen LogP contribution >= 0.6 is 0 Å². The number of aromatic hydroxyl groups is 1. The van der Waals surface area contributed by atoms with E-state index in [9.17, 15) is 18.3 Å². The maximum Gasteiger partial charge on any atom is 0.432 e. The summed E-state index contributed by atoms with van der Waals surface area (Å²) >= 11 is 0. The lowest BCUT2D eigenvalue weighted by Gasteiger charge is -2.05. The van der Waals surface area contributed by atoms with E-state index in [1.54, 1.807) is 24.3 Å². The topological polar surface area (TPSA) is 48.9 Å². The zero-order chi connectivity index (χ0) is 14.3. The van der Waals surface area contributed by atoms with E-state index in [1.807, 2.05) is 17.2 Å². The molecule has 0 fully saturated rings. The number of aromatic amines is 1. The van der Waals surface area contributed by atoms with Crippen LogP contribution in [0.4, 0.5) is 13.2 Å². The maximum atomic E-state index is 12.5. The molecule has 0 saturated carbocycles. The molecule has 2 N–H and O–H groups in total. The third-order valence-corrected chi connectivity index (χ3v) is 3.06. The predicted molar refractivity (Wildman–Crippen MR) is 68.2 cm³/mol. The van der Waals surface area contributed by atoms with E-state index < -0.39 is 11.9 Å². The first-order valence-electron chi connectivity index (χ1n) is 5.80. The standard InChI is InChI=1S/C14H9F3N2O/c15-14(16,17)12-7-11(18-19-12)10-6-5-8-3-1-2-4-9(8)13(10)20/h1-7,20H,(H,18,19). The minimum absolute atomic E-state index is 0.0561. The van der Waals surface area contributed by atoms with Gasteiger partial charge in [0.15, 0.2) is 0 Å². The van der Waals surface area contributed by atoms with Gasteiger partial charge in [0.2, 0.25) is 0 Å². The Labute approximate surface area is 111 Å². The highest BCUT2D eigenvalue weighted by Crippen LogP contribution is 2.37. The van der Waals surface area contributed by atoms with Gasteiger partial charge in [0.1, 0.15) is 11.4 Å². The molecule has 3 aromatic rings. The molecule has 0 radical (unpaired) electrons. The zero-order valence-electron chi connectivity index (χ0n) is 10.1. The molecule has 0 spiro atoms. The summed E-state index contributed by atoms with van der Waals surface area (Å²) in [5.41, 5.74) is -0.629. The number of hydrogen-bond acceptors (Lipinski definition) is 2. The molecule has 0 aliphatic rings. The number of rotatable bonds is 1. The Hall–Kier alpha value is -2.50. The van der Waals surface area contributed by atoms with E-state index in [4.69, 9.17) is 0 Å². The molecular weight excluding hydrogens is 269 g/mol. The Kier molecular flexibility index (Phi) is 2.67. The normalized spacial score (nSPS) is 11.9. The number of halogens is 3. The van der Waals surface area contributed by atoms with Gasteiger partial charge in [0.05, 0.1) is 5.69 Å². The van der Waals surface area contributed by atoms with Crippen molar-refractivity contribution in [1.82, 2.24) is 10.2 Å². The average Bonchev–Trinajstić information content (AvgIpc) is 2.89. The van der Waals surface area contributed by atoms with Crippen LogP contribution in [0.25, 0.3) is 22.0 Å². The minimum Gasteiger partial charge on any atom is -0.507 e. The van der Waals surface area contributed by atoms with Crippen molar-refractivity contribution >= 4 is 10.8 Å². The van der Waals surface area contributed by atoms with Gasteiger partial charge in [-0.25, -0.2) is 0 Å². The summed E-state index contributed by atoms with van der Waals surface area (Å²) in [6, 6.07) is 11.2. The Morgan fingerprint density at radius 1 is 1.05 bits per heavy atom. The summed E-state index contributed by atoms with van der Waals surface area (Å²) in [5, 5.41) is 17.1. The second-order valence-electron chi connectivity index (χ2n) is 4.35. The monoisotopic (exact) mass is 278 g/mol. The van der Waals surface area contributed by atoms with Crippen LogP contribution in [0.2, 0.25) is 0 Å². The van der Waals surface area contributed by atoms with Crippen LogP contribution < -0.4 is 0 Å². The number of benzene rings is 2. The van der Waals surface area contributed by atoms with Gasteiger partial charge in [-0.05, 0) is 17.5 Å². The third kappa shape index (κ3) is 1.99. The predicted octanol–water partition coefficient (Wildman–Crippen LogP) is 3.95. The van der Waals surface area contributed by atoms with Crippen LogP contribution in [-0.2, 0) is 6.18 Å². The molecule has 0 atom stereocenters. The fourth-order valence-electron chi connectivity index (χ4n) is 2.07. The van der Waals surface area contributed by atoms with Crippen LogP contribution in [0, 0.1) is 0 Å². The molecule has 0 amide bonds. The number of phenolic OH excluding ortho intramolecular Hbond substituents is 1. The van der Waals surface area contributed by atoms with Crippen molar-refractivity contribution in [2.75, 3.05) is 0 Å². The summed E-state index contributed by atoms with van der Waals surface area (Å²) < 4.78 is 37.6. The molecule has 3 nitrogen and oxygen atoms in total. The smallest absolute Gasteiger partial charge is 0.432 e. The number of alkyl halides is 3. The summed E-state index contributed by atoms with van der Waals surface area (Å²) in [4.78, 5) is 0. The SMILES string of the molecule is Oc1c(-c2cc(C(F)(F)F)[nH]n2)ccc2ccccc12. The van der Waals surface area contributed by atoms with Gasteiger partial charge in [0.25, 0.3) is 0 Å². The lowest BCUT2D eigenvalue weighted by atomic mass is 10.0. The fourth-order valence-corrected chi connectivity index (χ4v) is 2.07. The fraction of sp³-hybridized carbons (Fsp3) is 0.0714. The average molecular weight is 278 g/mol. The van der Waals surface area contributed by atoms with Crippen molar-refractivity contribution in [1.29, 1.82) is 0 Å². The number of aromatic nitrogens is 2. The van der Waals surface area contributed by atoms with Gasteiger partial charge in [-0.2, -0.15) is 18.3 Å². The Morgan fingerprint density at radius 3 is 2.50 bits per heavy atom. The lowest BCUT2D eigenvalue weighted by molar-refractivity contribution is -0.141. The molecule has 0 unspecified atom stereocenters. The molecule has 0 bridgehead atoms. The van der Waals surface area contributed by atoms with Crippen molar-refractivity contribution < 1.29 is 18.3 Å². The molecule has 6 heteroatoms. The van der Waals surface area contributed by atoms with E-state index in [1.165, 1.54) is 0 Å². The molecule has 102 valence electrons. The number of nitrogens with zero attached hydrogens (tertiary/aromatic N) is 1. The first-order valence-corrected chi connectivity index (χ1v) is 5.80. The molecular formula is C14H9F3N2O. The van der Waals surface area contributed by atoms with Crippen LogP contribution in [0.1, 0.15) is 5.69 Å². The van der Waals surface area contributed by atoms with Crippen molar-refractivity contribution in [3.05, 3.63) is 48.2 Å². The Bertz CT molecular complexity index is 777. The van der Waals surface area contributed by atoms with E-state index >= 15 is 0 Å². The quantitative estimate of drug-likeness (QED) is 0.708. The molecule has 1 heterocycles. The zero-order valence-corrected chi connectivity index (χ0v) is 10.1. The number of phenols is 1. The van der Waals surface area contributed by atoms with Crippen LogP contribution in [0.5, 0.6) is 5.75 Å². The molecule has 3 rings (SSSR count). The molecule has 2 aromatic carbocycles. The van der Waals surface area contributed by atoms with Gasteiger partial charge in [-0.1, -0.05) is 30.3 Å². The summed E-state index contributed by atoms with van der Waals surface area (Å²) in [5.74, 6) is -0.0803. The van der Waals surface area contributed by atoms with Crippen molar-refractivity contribution in [2.24, 2.45) is 0 Å². The Balaban J connectivity index is 2.15. The van der Waals surface area contributed by atoms with Gasteiger partial charge in [0, 0.05) is 10.9 Å². The first-order chi connectivity index (χ1) is 9.47. The highest BCUT2D eigenvalue weighted by Gasteiger charge is 2.33. The summed E-state index contributed by atoms with van der Waals surface area (Å²) in [6.07, 6.45) is -4.49. The highest BCUT2D eigenvalue weighted by molar-refractivity contribution is 5.94. The summed E-state index contributed by atoms with van der Waals surface area (Å²) in [6.45, 7) is 0. The van der Waals surface area contributed by atoms with Gasteiger partial charge < -0.3 is 5.11 Å². The second kappa shape index (κ2) is 4.26. The van der Waals surface area contributed by atoms with E-state index in [-0.39, 0.29) is 17.0 Å². The third-order valence-electron chi connectivity index (χ3n) is 3.06. The van der Waals surface area contributed by atoms with Gasteiger partial charge in [-0.3, -0.25) is 5.10 Å². The second-order valence-corrected chi connectivity index (χ2v) is 4.35. The number of H-pyrrole nitrogens is 1. The first kappa shape index (κ1) is 12.5. The number of fused-ring (bicyclic) bond motifs is 1. The molecule has 0 aliphatic heterocycles. The highest BCUT2D eigenvalue weighted by atomic mass is 19.4. The summed E-state index contributed by atoms with van der Waals surface area (Å²) in [7, 11) is 0. The lowest BCUT2D eigenvalue weighted by Crippen LogP contribution is -2.04. The van der Waals surface area contributed by atoms with Crippen LogP contribution in [-0.4, -0.2) is 15.3 Å². The molecule has 0 saturated heterocycles. The van der Waals surface area contributed by atoms with Crippen LogP contribution in [0.3, 0.4) is 0 Å². The van der Waals surface area contributed by atoms with E-state index in [2.05, 4.69) is 5.10 Å². The van der Waals surface area contributed by atoms with Crippen molar-refractivity contribution in [2.45, 2.75) is 6.18 Å². The van der Waals surface area contributed by atoms with Gasteiger partial charge in [-0.15, -0.1) is 0 Å². The maximum absolute atomic E-state index is 12.5. The molecule has 1 aromatic heterocycles. The van der Waals surface area contributed by atoms with E-state index in [0.29, 0.717) is 5.39 Å². The van der Waals surface area contributed by atoms with Gasteiger partial charge >= 0.3 is 6.18 Å². The Morgan fingerprint density at radius 2 is 1.80 bits per heavy atom. The van der Waals surface area contributed by atoms with Crippen molar-refractivity contribution in [3.63, 3.8) is 0 Å². The molecule has 0 aliphatic carbocycles. The number of hydrogen-bond donors (Lipinski definition) is 2. The molecule has 20 heavy (non-hydrogen) atoms. The van der Waals surface area contributed by atoms with Crippen molar-refractivity contribution in [3.8, 4) is 17.0 Å². The number of nitrogens with one attached hydrogen (secondary N) is 1. The van der Waals surface area contributed by atoms with E-state index in [0.717, 1.165) is 11.5 Å².